The molecule has 2 aliphatic heterocycles. The molecular formula is C23H18F6N4O2. The molecule has 3 aromatic rings. The lowest BCUT2D eigenvalue weighted by Crippen LogP contribution is -2.49. The van der Waals surface area contributed by atoms with E-state index in [0.29, 0.717) is 24.2 Å². The zero-order valence-electron chi connectivity index (χ0n) is 18.2. The highest BCUT2D eigenvalue weighted by Gasteiger charge is 2.45. The van der Waals surface area contributed by atoms with Crippen molar-refractivity contribution in [1.82, 2.24) is 19.0 Å². The maximum atomic E-state index is 13.4. The fourth-order valence-corrected chi connectivity index (χ4v) is 4.90. The van der Waals surface area contributed by atoms with Gasteiger partial charge in [0.05, 0.1) is 35.2 Å². The zero-order chi connectivity index (χ0) is 25.3. The summed E-state index contributed by atoms with van der Waals surface area (Å²) in [4.78, 5) is 31.9. The van der Waals surface area contributed by atoms with Crippen LogP contribution in [0.2, 0.25) is 0 Å². The standard InChI is InChI=1S/C23H18F6N4O2/c1-12-9-31(11-30-12)18-4-5-19-21(35)33-16(10-32(19)20(18)34)2-3-17(33)13-6-14(22(24,25)26)8-15(7-13)23(27,28)29/h4-9,11,16-17H,2-3,10H2,1H3/t16-,17-/m1/s1. The van der Waals surface area contributed by atoms with Crippen molar-refractivity contribution in [3.05, 3.63) is 81.3 Å². The fraction of sp³-hybridized carbons (Fsp3) is 0.348. The van der Waals surface area contributed by atoms with Crippen LogP contribution in [-0.4, -0.2) is 31.0 Å². The van der Waals surface area contributed by atoms with Crippen LogP contribution in [-0.2, 0) is 18.9 Å². The van der Waals surface area contributed by atoms with Gasteiger partial charge in [0.1, 0.15) is 11.4 Å². The highest BCUT2D eigenvalue weighted by atomic mass is 19.4. The molecule has 0 aliphatic carbocycles. The summed E-state index contributed by atoms with van der Waals surface area (Å²) in [5.74, 6) is -0.611. The molecule has 184 valence electrons. The van der Waals surface area contributed by atoms with Gasteiger partial charge in [-0.1, -0.05) is 0 Å². The van der Waals surface area contributed by atoms with Crippen molar-refractivity contribution in [2.24, 2.45) is 0 Å². The van der Waals surface area contributed by atoms with E-state index >= 15 is 0 Å². The van der Waals surface area contributed by atoms with E-state index in [1.807, 2.05) is 0 Å². The molecule has 1 aromatic carbocycles. The Balaban J connectivity index is 1.56. The van der Waals surface area contributed by atoms with Gasteiger partial charge in [0.2, 0.25) is 0 Å². The van der Waals surface area contributed by atoms with Crippen molar-refractivity contribution < 1.29 is 31.1 Å². The Morgan fingerprint density at radius 1 is 0.943 bits per heavy atom. The lowest BCUT2D eigenvalue weighted by atomic mass is 9.98. The lowest BCUT2D eigenvalue weighted by molar-refractivity contribution is -0.143. The van der Waals surface area contributed by atoms with E-state index in [-0.39, 0.29) is 36.0 Å². The van der Waals surface area contributed by atoms with Gasteiger partial charge in [-0.15, -0.1) is 0 Å². The van der Waals surface area contributed by atoms with Gasteiger partial charge >= 0.3 is 12.4 Å². The van der Waals surface area contributed by atoms with Gasteiger partial charge in [0, 0.05) is 12.7 Å². The van der Waals surface area contributed by atoms with Gasteiger partial charge in [-0.2, -0.15) is 26.3 Å². The highest BCUT2D eigenvalue weighted by molar-refractivity contribution is 5.94. The SMILES string of the molecule is Cc1cn(-c2ccc3n(c2=O)C[C@H]2CC[C@H](c4cc(C(F)(F)F)cc(C(F)(F)F)c4)N2C3=O)cn1. The number of hydrogen-bond donors (Lipinski definition) is 0. The Morgan fingerprint density at radius 3 is 2.17 bits per heavy atom. The van der Waals surface area contributed by atoms with Crippen molar-refractivity contribution in [1.29, 1.82) is 0 Å². The molecule has 0 N–H and O–H groups in total. The maximum Gasteiger partial charge on any atom is 0.416 e. The first-order chi connectivity index (χ1) is 16.3. The summed E-state index contributed by atoms with van der Waals surface area (Å²) in [5, 5.41) is 0. The number of imidazole rings is 1. The molecule has 4 heterocycles. The van der Waals surface area contributed by atoms with Gasteiger partial charge in [0.25, 0.3) is 11.5 Å². The zero-order valence-corrected chi connectivity index (χ0v) is 18.2. The second kappa shape index (κ2) is 7.72. The molecule has 1 amide bonds. The van der Waals surface area contributed by atoms with E-state index in [1.54, 1.807) is 13.1 Å². The number of rotatable bonds is 2. The molecule has 0 radical (unpaired) electrons. The number of fused-ring (bicyclic) bond motifs is 2. The van der Waals surface area contributed by atoms with E-state index < -0.39 is 47.0 Å². The normalized spacial score (nSPS) is 20.2. The molecule has 5 rings (SSSR count). The van der Waals surface area contributed by atoms with Crippen LogP contribution in [0, 0.1) is 6.92 Å². The first-order valence-electron chi connectivity index (χ1n) is 10.7. The van der Waals surface area contributed by atoms with Crippen LogP contribution < -0.4 is 5.56 Å². The van der Waals surface area contributed by atoms with Crippen molar-refractivity contribution in [2.75, 3.05) is 0 Å². The first-order valence-corrected chi connectivity index (χ1v) is 10.7. The number of amides is 1. The number of aromatic nitrogens is 3. The van der Waals surface area contributed by atoms with Crippen LogP contribution >= 0.6 is 0 Å². The number of halogens is 6. The van der Waals surface area contributed by atoms with Crippen molar-refractivity contribution in [3.8, 4) is 5.69 Å². The van der Waals surface area contributed by atoms with Crippen LogP contribution in [0.5, 0.6) is 0 Å². The van der Waals surface area contributed by atoms with E-state index in [0.717, 1.165) is 0 Å². The number of pyridine rings is 1. The molecule has 6 nitrogen and oxygen atoms in total. The number of aryl methyl sites for hydroxylation is 1. The molecule has 1 fully saturated rings. The minimum atomic E-state index is -4.98. The van der Waals surface area contributed by atoms with Crippen molar-refractivity contribution in [2.45, 2.75) is 50.7 Å². The largest absolute Gasteiger partial charge is 0.416 e. The predicted molar refractivity (Wildman–Crippen MR) is 111 cm³/mol. The predicted octanol–water partition coefficient (Wildman–Crippen LogP) is 4.74. The van der Waals surface area contributed by atoms with Gasteiger partial charge in [-0.25, -0.2) is 4.98 Å². The molecule has 0 bridgehead atoms. The third kappa shape index (κ3) is 3.90. The van der Waals surface area contributed by atoms with Gasteiger partial charge in [0.15, 0.2) is 0 Å². The van der Waals surface area contributed by atoms with Crippen molar-refractivity contribution in [3.63, 3.8) is 0 Å². The number of carbonyl (C=O) groups excluding carboxylic acids is 1. The molecule has 12 heteroatoms. The Bertz CT molecular complexity index is 1360. The average Bonchev–Trinajstić information content (AvgIpc) is 3.39. The number of benzene rings is 1. The lowest BCUT2D eigenvalue weighted by Gasteiger charge is -2.36. The smallest absolute Gasteiger partial charge is 0.326 e. The quantitative estimate of drug-likeness (QED) is 0.482. The van der Waals surface area contributed by atoms with Crippen molar-refractivity contribution >= 4 is 5.91 Å². The molecule has 0 saturated carbocycles. The van der Waals surface area contributed by atoms with Crippen LogP contribution in [0.4, 0.5) is 26.3 Å². The van der Waals surface area contributed by atoms with Gasteiger partial charge in [-0.05, 0) is 55.7 Å². The number of hydrogen-bond acceptors (Lipinski definition) is 3. The molecule has 0 spiro atoms. The number of carbonyl (C=O) groups is 1. The van der Waals surface area contributed by atoms with Crippen LogP contribution in [0.25, 0.3) is 5.69 Å². The summed E-state index contributed by atoms with van der Waals surface area (Å²) in [6.45, 7) is 1.84. The second-order valence-corrected chi connectivity index (χ2v) is 8.74. The number of nitrogens with zero attached hydrogens (tertiary/aromatic N) is 4. The molecule has 1 saturated heterocycles. The summed E-state index contributed by atoms with van der Waals surface area (Å²) in [5.41, 5.74) is -2.52. The summed E-state index contributed by atoms with van der Waals surface area (Å²) in [6.07, 6.45) is -6.35. The van der Waals surface area contributed by atoms with E-state index in [9.17, 15) is 35.9 Å². The summed E-state index contributed by atoms with van der Waals surface area (Å²) >= 11 is 0. The summed E-state index contributed by atoms with van der Waals surface area (Å²) in [6, 6.07) is 2.78. The Kier molecular flexibility index (Phi) is 5.11. The van der Waals surface area contributed by atoms with Crippen LogP contribution in [0.15, 0.2) is 47.7 Å². The topological polar surface area (TPSA) is 60.1 Å². The Morgan fingerprint density at radius 2 is 1.60 bits per heavy atom. The third-order valence-corrected chi connectivity index (χ3v) is 6.49. The third-order valence-electron chi connectivity index (χ3n) is 6.49. The molecule has 2 atom stereocenters. The van der Waals surface area contributed by atoms with E-state index in [4.69, 9.17) is 0 Å². The molecule has 0 unspecified atom stereocenters. The Labute approximate surface area is 194 Å². The first kappa shape index (κ1) is 23.2. The highest BCUT2D eigenvalue weighted by Crippen LogP contribution is 2.43. The van der Waals surface area contributed by atoms with E-state index in [2.05, 4.69) is 4.98 Å². The molecule has 2 aliphatic rings. The van der Waals surface area contributed by atoms with E-state index in [1.165, 1.54) is 32.5 Å². The molecular weight excluding hydrogens is 478 g/mol. The molecule has 2 aromatic heterocycles. The average molecular weight is 496 g/mol. The minimum Gasteiger partial charge on any atom is -0.326 e. The van der Waals surface area contributed by atoms with Gasteiger partial charge in [-0.3, -0.25) is 9.59 Å². The number of alkyl halides is 6. The second-order valence-electron chi connectivity index (χ2n) is 8.74. The molecule has 35 heavy (non-hydrogen) atoms. The van der Waals surface area contributed by atoms with Gasteiger partial charge < -0.3 is 14.0 Å². The summed E-state index contributed by atoms with van der Waals surface area (Å²) in [7, 11) is 0. The minimum absolute atomic E-state index is 0.0294. The monoisotopic (exact) mass is 496 g/mol. The summed E-state index contributed by atoms with van der Waals surface area (Å²) < 4.78 is 83.0. The van der Waals surface area contributed by atoms with Crippen LogP contribution in [0.3, 0.4) is 0 Å². The van der Waals surface area contributed by atoms with Crippen LogP contribution in [0.1, 0.15) is 51.8 Å². The Hall–Kier alpha value is -3.57. The fourth-order valence-electron chi connectivity index (χ4n) is 4.90. The maximum absolute atomic E-state index is 13.4.